The first-order chi connectivity index (χ1) is 13.5. The van der Waals surface area contributed by atoms with Crippen LogP contribution in [-0.2, 0) is 4.79 Å². The zero-order chi connectivity index (χ0) is 20.1. The Morgan fingerprint density at radius 1 is 1.29 bits per heavy atom. The predicted octanol–water partition coefficient (Wildman–Crippen LogP) is 4.65. The van der Waals surface area contributed by atoms with Crippen LogP contribution in [-0.4, -0.2) is 35.8 Å². The second kappa shape index (κ2) is 8.99. The minimum absolute atomic E-state index is 0.0524. The lowest BCUT2D eigenvalue weighted by Gasteiger charge is -2.21. The summed E-state index contributed by atoms with van der Waals surface area (Å²) < 4.78 is 35.4. The predicted molar refractivity (Wildman–Crippen MR) is 103 cm³/mol. The summed E-state index contributed by atoms with van der Waals surface area (Å²) in [6, 6.07) is 5.98. The number of halogens is 2. The van der Waals surface area contributed by atoms with E-state index in [-0.39, 0.29) is 24.8 Å². The molecule has 3 rings (SSSR count). The Morgan fingerprint density at radius 3 is 2.61 bits per heavy atom. The summed E-state index contributed by atoms with van der Waals surface area (Å²) in [4.78, 5) is 16.3. The fraction of sp³-hybridized carbons (Fsp3) is 0.429. The number of rotatable bonds is 8. The van der Waals surface area contributed by atoms with Gasteiger partial charge in [-0.2, -0.15) is 0 Å². The molecule has 0 spiro atoms. The van der Waals surface area contributed by atoms with E-state index in [2.05, 4.69) is 4.98 Å². The number of hydrogen-bond donors (Lipinski definition) is 1. The summed E-state index contributed by atoms with van der Waals surface area (Å²) in [6.07, 6.45) is 6.07. The number of hydrogen-bond acceptors (Lipinski definition) is 4. The van der Waals surface area contributed by atoms with E-state index < -0.39 is 17.6 Å². The Kier molecular flexibility index (Phi) is 6.44. The van der Waals surface area contributed by atoms with Gasteiger partial charge in [0.15, 0.2) is 0 Å². The lowest BCUT2D eigenvalue weighted by atomic mass is 10.1. The van der Waals surface area contributed by atoms with Crippen LogP contribution < -0.4 is 9.64 Å². The molecular formula is C21H24F2N2O3. The van der Waals surface area contributed by atoms with Crippen LogP contribution in [0.15, 0.2) is 30.5 Å². The quantitative estimate of drug-likeness (QED) is 0.711. The second-order valence-electron chi connectivity index (χ2n) is 7.09. The smallest absolute Gasteiger partial charge is 0.303 e. The summed E-state index contributed by atoms with van der Waals surface area (Å²) in [6.45, 7) is 0.239. The summed E-state index contributed by atoms with van der Waals surface area (Å²) >= 11 is 0. The second-order valence-corrected chi connectivity index (χ2v) is 7.09. The number of pyridine rings is 1. The fourth-order valence-electron chi connectivity index (χ4n) is 3.53. The first-order valence-electron chi connectivity index (χ1n) is 9.49. The number of benzene rings is 1. The Hall–Kier alpha value is -2.70. The van der Waals surface area contributed by atoms with Crippen molar-refractivity contribution in [2.24, 2.45) is 0 Å². The molecule has 1 fully saturated rings. The minimum Gasteiger partial charge on any atom is -0.481 e. The van der Waals surface area contributed by atoms with Crippen molar-refractivity contribution < 1.29 is 23.4 Å². The molecule has 1 aliphatic carbocycles. The molecule has 150 valence electrons. The Bertz CT molecular complexity index is 815. The van der Waals surface area contributed by atoms with Gasteiger partial charge in [0, 0.05) is 31.8 Å². The maximum atomic E-state index is 14.7. The minimum atomic E-state index is -0.934. The summed E-state index contributed by atoms with van der Waals surface area (Å²) in [5.41, 5.74) is 0.738. The van der Waals surface area contributed by atoms with E-state index >= 15 is 0 Å². The van der Waals surface area contributed by atoms with Gasteiger partial charge < -0.3 is 14.7 Å². The highest BCUT2D eigenvalue weighted by Gasteiger charge is 2.21. The molecule has 0 amide bonds. The molecule has 7 heteroatoms. The van der Waals surface area contributed by atoms with Crippen molar-refractivity contribution in [2.75, 3.05) is 18.5 Å². The van der Waals surface area contributed by atoms with Crippen molar-refractivity contribution in [3.05, 3.63) is 42.1 Å². The normalized spacial score (nSPS) is 14.2. The van der Waals surface area contributed by atoms with Crippen LogP contribution in [0, 0.1) is 11.6 Å². The number of ether oxygens (including phenoxy) is 1. The monoisotopic (exact) mass is 390 g/mol. The molecule has 0 unspecified atom stereocenters. The molecule has 0 aliphatic heterocycles. The highest BCUT2D eigenvalue weighted by molar-refractivity contribution is 5.71. The molecule has 0 bridgehead atoms. The van der Waals surface area contributed by atoms with Crippen LogP contribution in [0.1, 0.15) is 38.5 Å². The Balaban J connectivity index is 1.83. The van der Waals surface area contributed by atoms with Crippen molar-refractivity contribution in [1.29, 1.82) is 0 Å². The van der Waals surface area contributed by atoms with E-state index in [9.17, 15) is 13.6 Å². The van der Waals surface area contributed by atoms with Gasteiger partial charge in [-0.1, -0.05) is 0 Å². The maximum Gasteiger partial charge on any atom is 0.303 e. The topological polar surface area (TPSA) is 62.7 Å². The van der Waals surface area contributed by atoms with Crippen molar-refractivity contribution in [1.82, 2.24) is 4.98 Å². The van der Waals surface area contributed by atoms with E-state index in [1.165, 1.54) is 17.0 Å². The van der Waals surface area contributed by atoms with Crippen LogP contribution in [0.2, 0.25) is 0 Å². The van der Waals surface area contributed by atoms with Crippen LogP contribution in [0.25, 0.3) is 11.1 Å². The molecule has 5 nitrogen and oxygen atoms in total. The van der Waals surface area contributed by atoms with Crippen molar-refractivity contribution in [2.45, 2.75) is 44.6 Å². The van der Waals surface area contributed by atoms with Crippen LogP contribution in [0.5, 0.6) is 5.88 Å². The van der Waals surface area contributed by atoms with E-state index in [0.29, 0.717) is 23.4 Å². The fourth-order valence-corrected chi connectivity index (χ4v) is 3.53. The maximum absolute atomic E-state index is 14.7. The lowest BCUT2D eigenvalue weighted by Crippen LogP contribution is -2.22. The van der Waals surface area contributed by atoms with Crippen LogP contribution >= 0.6 is 0 Å². The SMILES string of the molecule is CN(CCCC(=O)O)c1c(F)cc(-c2cccnc2OC2CCCC2)cc1F. The largest absolute Gasteiger partial charge is 0.481 e. The number of anilines is 1. The third-order valence-corrected chi connectivity index (χ3v) is 4.95. The Morgan fingerprint density at radius 2 is 1.96 bits per heavy atom. The third kappa shape index (κ3) is 4.77. The molecule has 28 heavy (non-hydrogen) atoms. The van der Waals surface area contributed by atoms with E-state index in [1.807, 2.05) is 0 Å². The zero-order valence-corrected chi connectivity index (χ0v) is 15.8. The molecule has 1 saturated carbocycles. The number of carboxylic acids is 1. The molecule has 2 aromatic rings. The van der Waals surface area contributed by atoms with E-state index in [4.69, 9.17) is 9.84 Å². The van der Waals surface area contributed by atoms with Gasteiger partial charge in [0.2, 0.25) is 5.88 Å². The average molecular weight is 390 g/mol. The van der Waals surface area contributed by atoms with Gasteiger partial charge in [-0.15, -0.1) is 0 Å². The standard InChI is InChI=1S/C21H24F2N2O3/c1-25(11-5-9-19(26)27)20-17(22)12-14(13-18(20)23)16-8-4-10-24-21(16)28-15-6-2-3-7-15/h4,8,10,12-13,15H,2-3,5-7,9,11H2,1H3,(H,26,27). The van der Waals surface area contributed by atoms with Gasteiger partial charge in [-0.05, 0) is 61.9 Å². The molecule has 1 heterocycles. The van der Waals surface area contributed by atoms with Gasteiger partial charge in [0.25, 0.3) is 0 Å². The molecule has 0 saturated heterocycles. The van der Waals surface area contributed by atoms with E-state index in [0.717, 1.165) is 25.7 Å². The zero-order valence-electron chi connectivity index (χ0n) is 15.8. The first-order valence-corrected chi connectivity index (χ1v) is 9.49. The van der Waals surface area contributed by atoms with Gasteiger partial charge in [0.1, 0.15) is 23.4 Å². The highest BCUT2D eigenvalue weighted by atomic mass is 19.1. The molecule has 0 atom stereocenters. The first kappa shape index (κ1) is 20.0. The number of aromatic nitrogens is 1. The average Bonchev–Trinajstić information content (AvgIpc) is 3.14. The van der Waals surface area contributed by atoms with Gasteiger partial charge in [-0.25, -0.2) is 13.8 Å². The third-order valence-electron chi connectivity index (χ3n) is 4.95. The number of aliphatic carboxylic acids is 1. The van der Waals surface area contributed by atoms with Crippen LogP contribution in [0.4, 0.5) is 14.5 Å². The molecule has 1 aliphatic rings. The molecule has 1 aromatic carbocycles. The Labute approximate surface area is 163 Å². The molecule has 1 N–H and O–H groups in total. The summed E-state index contributed by atoms with van der Waals surface area (Å²) in [5, 5.41) is 8.71. The van der Waals surface area contributed by atoms with Crippen molar-refractivity contribution >= 4 is 11.7 Å². The highest BCUT2D eigenvalue weighted by Crippen LogP contribution is 2.35. The number of nitrogens with zero attached hydrogens (tertiary/aromatic N) is 2. The van der Waals surface area contributed by atoms with Gasteiger partial charge >= 0.3 is 5.97 Å². The number of carboxylic acid groups (broad SMARTS) is 1. The molecule has 1 aromatic heterocycles. The van der Waals surface area contributed by atoms with Crippen molar-refractivity contribution in [3.8, 4) is 17.0 Å². The van der Waals surface area contributed by atoms with Gasteiger partial charge in [-0.3, -0.25) is 4.79 Å². The van der Waals surface area contributed by atoms with Crippen molar-refractivity contribution in [3.63, 3.8) is 0 Å². The molecule has 0 radical (unpaired) electrons. The van der Waals surface area contributed by atoms with E-state index in [1.54, 1.807) is 25.4 Å². The number of carbonyl (C=O) groups is 1. The molecular weight excluding hydrogens is 366 g/mol. The van der Waals surface area contributed by atoms with Crippen LogP contribution in [0.3, 0.4) is 0 Å². The summed E-state index contributed by atoms with van der Waals surface area (Å²) in [5.74, 6) is -1.96. The summed E-state index contributed by atoms with van der Waals surface area (Å²) in [7, 11) is 1.54. The lowest BCUT2D eigenvalue weighted by molar-refractivity contribution is -0.137. The van der Waals surface area contributed by atoms with Gasteiger partial charge in [0.05, 0.1) is 0 Å².